The quantitative estimate of drug-likeness (QED) is 0.128. The second kappa shape index (κ2) is 14.5. The molecule has 0 saturated heterocycles. The second-order valence-corrected chi connectivity index (χ2v) is 10.8. The number of likely N-dealkylation sites (N-methyl/N-ethyl adjacent to an activating group) is 1. The van der Waals surface area contributed by atoms with Crippen LogP contribution >= 0.6 is 7.60 Å². The van der Waals surface area contributed by atoms with Gasteiger partial charge < -0.3 is 19.4 Å². The zero-order valence-corrected chi connectivity index (χ0v) is 19.5. The zero-order valence-electron chi connectivity index (χ0n) is 18.6. The molecule has 1 atom stereocenters. The van der Waals surface area contributed by atoms with E-state index in [2.05, 4.69) is 31.2 Å². The van der Waals surface area contributed by atoms with Gasteiger partial charge in [0, 0.05) is 0 Å². The summed E-state index contributed by atoms with van der Waals surface area (Å²) >= 11 is 0. The van der Waals surface area contributed by atoms with E-state index in [1.165, 1.54) is 32.1 Å². The molecule has 0 radical (unpaired) electrons. The highest BCUT2D eigenvalue weighted by molar-refractivity contribution is 7.53. The first-order valence-corrected chi connectivity index (χ1v) is 12.5. The van der Waals surface area contributed by atoms with Crippen LogP contribution in [0.3, 0.4) is 0 Å². The normalized spacial score (nSPS) is 15.5. The lowest BCUT2D eigenvalue weighted by Gasteiger charge is -2.35. The van der Waals surface area contributed by atoms with Crippen molar-refractivity contribution in [2.75, 3.05) is 27.7 Å². The van der Waals surface area contributed by atoms with Gasteiger partial charge in [-0.3, -0.25) is 4.57 Å². The highest BCUT2D eigenvalue weighted by Gasteiger charge is 2.48. The van der Waals surface area contributed by atoms with E-state index >= 15 is 0 Å². The molecular formula is C22H45NO4P+. The lowest BCUT2D eigenvalue weighted by molar-refractivity contribution is -0.875. The molecule has 0 aromatic rings. The van der Waals surface area contributed by atoms with Crippen molar-refractivity contribution < 1.29 is 23.9 Å². The molecule has 28 heavy (non-hydrogen) atoms. The van der Waals surface area contributed by atoms with Gasteiger partial charge in [-0.1, -0.05) is 50.5 Å². The molecule has 0 aromatic heterocycles. The van der Waals surface area contributed by atoms with Gasteiger partial charge in [-0.15, -0.1) is 0 Å². The first-order chi connectivity index (χ1) is 13.0. The Hall–Kier alpha value is -0.450. The van der Waals surface area contributed by atoms with Gasteiger partial charge in [-0.2, -0.15) is 0 Å². The number of allylic oxidation sites excluding steroid dienone is 4. The smallest absolute Gasteiger partial charge is 0.362 e. The number of hydrogen-bond donors (Lipinski definition) is 3. The van der Waals surface area contributed by atoms with Crippen molar-refractivity contribution >= 4 is 7.60 Å². The first kappa shape index (κ1) is 27.5. The summed E-state index contributed by atoms with van der Waals surface area (Å²) in [5.41, 5.74) is 0. The third-order valence-corrected chi connectivity index (χ3v) is 6.23. The van der Waals surface area contributed by atoms with Gasteiger partial charge in [0.15, 0.2) is 0 Å². The van der Waals surface area contributed by atoms with E-state index in [0.29, 0.717) is 10.9 Å². The van der Waals surface area contributed by atoms with Crippen LogP contribution in [-0.4, -0.2) is 52.4 Å². The van der Waals surface area contributed by atoms with Crippen LogP contribution in [0, 0.1) is 0 Å². The van der Waals surface area contributed by atoms with Crippen molar-refractivity contribution in [1.29, 1.82) is 0 Å². The first-order valence-electron chi connectivity index (χ1n) is 10.9. The van der Waals surface area contributed by atoms with Gasteiger partial charge in [-0.05, 0) is 57.8 Å². The molecule has 0 rings (SSSR count). The lowest BCUT2D eigenvalue weighted by atomic mass is 10.1. The van der Waals surface area contributed by atoms with Crippen molar-refractivity contribution in [3.8, 4) is 0 Å². The van der Waals surface area contributed by atoms with Gasteiger partial charge in [-0.25, -0.2) is 0 Å². The molecular weight excluding hydrogens is 373 g/mol. The summed E-state index contributed by atoms with van der Waals surface area (Å²) in [4.78, 5) is 19.1. The van der Waals surface area contributed by atoms with Crippen LogP contribution in [0.15, 0.2) is 24.3 Å². The second-order valence-electron chi connectivity index (χ2n) is 8.92. The predicted molar refractivity (Wildman–Crippen MR) is 119 cm³/mol. The summed E-state index contributed by atoms with van der Waals surface area (Å²) in [5, 5.41) is 8.57. The molecule has 0 spiro atoms. The highest BCUT2D eigenvalue weighted by atomic mass is 31.2. The summed E-state index contributed by atoms with van der Waals surface area (Å²) in [7, 11) is 0.935. The molecule has 1 unspecified atom stereocenters. The molecule has 0 aliphatic heterocycles. The van der Waals surface area contributed by atoms with Gasteiger partial charge in [0.05, 0.1) is 21.1 Å². The summed E-state index contributed by atoms with van der Waals surface area (Å²) in [6.07, 6.45) is 21.2. The Labute approximate surface area is 173 Å². The zero-order chi connectivity index (χ0) is 21.5. The van der Waals surface area contributed by atoms with E-state index in [0.717, 1.165) is 32.1 Å². The minimum atomic E-state index is -4.55. The minimum Gasteiger partial charge on any atom is -0.373 e. The van der Waals surface area contributed by atoms with Crippen LogP contribution in [0.4, 0.5) is 0 Å². The maximum Gasteiger partial charge on any atom is 0.362 e. The Morgan fingerprint density at radius 3 is 1.61 bits per heavy atom. The van der Waals surface area contributed by atoms with Crippen molar-refractivity contribution in [2.24, 2.45) is 0 Å². The van der Waals surface area contributed by atoms with Crippen LogP contribution in [0.5, 0.6) is 0 Å². The van der Waals surface area contributed by atoms with Crippen LogP contribution in [0.25, 0.3) is 0 Å². The molecule has 166 valence electrons. The molecule has 5 nitrogen and oxygen atoms in total. The van der Waals surface area contributed by atoms with E-state index < -0.39 is 12.9 Å². The molecule has 0 amide bonds. The van der Waals surface area contributed by atoms with Crippen LogP contribution < -0.4 is 0 Å². The highest BCUT2D eigenvalue weighted by Crippen LogP contribution is 2.52. The Morgan fingerprint density at radius 2 is 1.21 bits per heavy atom. The molecule has 3 N–H and O–H groups in total. The van der Waals surface area contributed by atoms with Crippen molar-refractivity contribution in [1.82, 2.24) is 0 Å². The van der Waals surface area contributed by atoms with Gasteiger partial charge >= 0.3 is 7.60 Å². The molecule has 6 heteroatoms. The largest absolute Gasteiger partial charge is 0.373 e. The maximum atomic E-state index is 11.7. The third-order valence-electron chi connectivity index (χ3n) is 4.78. The number of hydrogen-bond acceptors (Lipinski definition) is 2. The standard InChI is InChI=1S/C22H44NO4P/c1-5-6-7-8-9-10-11-12-13-14-15-16-17-18-19-20-22(24,28(25,26)27)21-23(2,3)4/h6-7,14-15,24H,5,8-13,16-21H2,1-4H3,(H-,25,26,27)/p+1/b7-6-,15-14-. The van der Waals surface area contributed by atoms with Crippen molar-refractivity contribution in [3.05, 3.63) is 24.3 Å². The van der Waals surface area contributed by atoms with Crippen LogP contribution in [-0.2, 0) is 4.57 Å². The van der Waals surface area contributed by atoms with Gasteiger partial charge in [0.25, 0.3) is 0 Å². The van der Waals surface area contributed by atoms with E-state index in [1.54, 1.807) is 0 Å². The number of quaternary nitrogens is 1. The molecule has 0 heterocycles. The molecule has 0 fully saturated rings. The number of unbranched alkanes of at least 4 members (excludes halogenated alkanes) is 8. The number of rotatable bonds is 17. The Bertz CT molecular complexity index is 493. The van der Waals surface area contributed by atoms with Gasteiger partial charge in [0.1, 0.15) is 6.54 Å². The maximum absolute atomic E-state index is 11.7. The molecule has 0 aromatic carbocycles. The van der Waals surface area contributed by atoms with Crippen LogP contribution in [0.2, 0.25) is 0 Å². The molecule has 0 saturated carbocycles. The van der Waals surface area contributed by atoms with E-state index in [1.807, 2.05) is 21.1 Å². The van der Waals surface area contributed by atoms with Gasteiger partial charge in [0.2, 0.25) is 5.34 Å². The Balaban J connectivity index is 3.82. The summed E-state index contributed by atoms with van der Waals surface area (Å²) < 4.78 is 12.0. The Morgan fingerprint density at radius 1 is 0.786 bits per heavy atom. The fraction of sp³-hybridized carbons (Fsp3) is 0.818. The van der Waals surface area contributed by atoms with E-state index in [4.69, 9.17) is 0 Å². The predicted octanol–water partition coefficient (Wildman–Crippen LogP) is 5.37. The fourth-order valence-electron chi connectivity index (χ4n) is 3.32. The monoisotopic (exact) mass is 418 g/mol. The number of nitrogens with zero attached hydrogens (tertiary/aromatic N) is 1. The van der Waals surface area contributed by atoms with Crippen molar-refractivity contribution in [2.45, 2.75) is 89.3 Å². The Kier molecular flexibility index (Phi) is 14.3. The fourth-order valence-corrected chi connectivity index (χ4v) is 4.38. The topological polar surface area (TPSA) is 77.8 Å². The molecule has 0 aliphatic carbocycles. The van der Waals surface area contributed by atoms with E-state index in [-0.39, 0.29) is 13.0 Å². The van der Waals surface area contributed by atoms with E-state index in [9.17, 15) is 19.5 Å². The van der Waals surface area contributed by atoms with Crippen molar-refractivity contribution in [3.63, 3.8) is 0 Å². The molecule has 0 aliphatic rings. The van der Waals surface area contributed by atoms with Crippen LogP contribution in [0.1, 0.15) is 84.0 Å². The number of aliphatic hydroxyl groups is 1. The average Bonchev–Trinajstić information content (AvgIpc) is 2.56. The third kappa shape index (κ3) is 14.5. The summed E-state index contributed by atoms with van der Waals surface area (Å²) in [6.45, 7) is 2.21. The lowest BCUT2D eigenvalue weighted by Crippen LogP contribution is -2.49. The molecule has 0 bridgehead atoms. The minimum absolute atomic E-state index is 0.0477. The summed E-state index contributed by atoms with van der Waals surface area (Å²) in [6, 6.07) is 0. The SMILES string of the molecule is CC/C=C\CCCCCC/C=C\CCCCCC(O)(C[N+](C)(C)C)P(=O)(O)O. The average molecular weight is 419 g/mol. The summed E-state index contributed by atoms with van der Waals surface area (Å²) in [5.74, 6) is 0.